The fourth-order valence-corrected chi connectivity index (χ4v) is 8.49. The van der Waals surface area contributed by atoms with Gasteiger partial charge in [-0.3, -0.25) is 24.0 Å². The lowest BCUT2D eigenvalue weighted by atomic mass is 9.91. The summed E-state index contributed by atoms with van der Waals surface area (Å²) < 4.78 is 17.6. The van der Waals surface area contributed by atoms with Gasteiger partial charge >= 0.3 is 0 Å². The van der Waals surface area contributed by atoms with Gasteiger partial charge in [-0.2, -0.15) is 0 Å². The van der Waals surface area contributed by atoms with Crippen molar-refractivity contribution in [3.05, 3.63) is 98.0 Å². The van der Waals surface area contributed by atoms with Crippen LogP contribution in [0.1, 0.15) is 105 Å². The van der Waals surface area contributed by atoms with Crippen LogP contribution in [0.2, 0.25) is 0 Å². The number of amides is 1. The Bertz CT molecular complexity index is 1900. The number of nitrogens with one attached hydrogen (secondary N) is 1. The Kier molecular flexibility index (Phi) is 12.3. The molecule has 1 saturated heterocycles. The van der Waals surface area contributed by atoms with E-state index in [9.17, 15) is 9.59 Å². The highest BCUT2D eigenvalue weighted by molar-refractivity contribution is 5.95. The van der Waals surface area contributed by atoms with E-state index in [0.717, 1.165) is 123 Å². The van der Waals surface area contributed by atoms with E-state index < -0.39 is 0 Å². The van der Waals surface area contributed by atoms with E-state index in [-0.39, 0.29) is 23.3 Å². The Balaban J connectivity index is 1.11. The minimum absolute atomic E-state index is 0.0125. The van der Waals surface area contributed by atoms with Crippen LogP contribution in [-0.2, 0) is 6.42 Å². The Hall–Kier alpha value is -4.08. The second-order valence-corrected chi connectivity index (χ2v) is 15.6. The minimum Gasteiger partial charge on any atom is -0.384 e. The third-order valence-electron chi connectivity index (χ3n) is 12.1. The van der Waals surface area contributed by atoms with Gasteiger partial charge in [0, 0.05) is 97.4 Å². The van der Waals surface area contributed by atoms with Gasteiger partial charge in [0.15, 0.2) is 0 Å². The zero-order valence-electron chi connectivity index (χ0n) is 33.0. The predicted octanol–water partition coefficient (Wildman–Crippen LogP) is 7.90. The fourth-order valence-electron chi connectivity index (χ4n) is 8.49. The summed E-state index contributed by atoms with van der Waals surface area (Å²) in [5.74, 6) is 0.221. The molecule has 8 nitrogen and oxygen atoms in total. The standard InChI is InChI=1S/C44H59FN6O2/c1-8-19-50(31(5)9-2)28-34-12-20-49(21-13-34)43(52)36-25-30(4)42(39(45)27-36)35-14-22-48(23-15-35)33(7)29(3)26-38-32(6)46-18-11-41(38)51-24-16-40-37(44(51)53)10-17-47-40/h11,14,16,18,24-27,31,33-34,47H,8-10,12-13,15,17,19-23,28H2,1-7H3/b29-26+. The molecule has 3 aromatic rings. The van der Waals surface area contributed by atoms with Gasteiger partial charge in [-0.1, -0.05) is 31.6 Å². The van der Waals surface area contributed by atoms with Crippen molar-refractivity contribution in [1.82, 2.24) is 24.3 Å². The number of piperidine rings is 1. The van der Waals surface area contributed by atoms with Crippen molar-refractivity contribution in [3.63, 3.8) is 0 Å². The predicted molar refractivity (Wildman–Crippen MR) is 215 cm³/mol. The summed E-state index contributed by atoms with van der Waals surface area (Å²) in [6.45, 7) is 21.0. The maximum atomic E-state index is 15.9. The molecule has 0 spiro atoms. The summed E-state index contributed by atoms with van der Waals surface area (Å²) in [5.41, 5.74) is 8.46. The van der Waals surface area contributed by atoms with Gasteiger partial charge in [0.25, 0.3) is 11.5 Å². The molecule has 9 heteroatoms. The summed E-state index contributed by atoms with van der Waals surface area (Å²) in [6.07, 6.45) is 13.7. The van der Waals surface area contributed by atoms with Crippen molar-refractivity contribution in [2.45, 2.75) is 99.1 Å². The minimum atomic E-state index is -0.312. The van der Waals surface area contributed by atoms with E-state index in [4.69, 9.17) is 0 Å². The monoisotopic (exact) mass is 722 g/mol. The average molecular weight is 723 g/mol. The van der Waals surface area contributed by atoms with Gasteiger partial charge in [-0.15, -0.1) is 0 Å². The van der Waals surface area contributed by atoms with Gasteiger partial charge in [-0.05, 0) is 121 Å². The number of aromatic nitrogens is 2. The smallest absolute Gasteiger partial charge is 0.260 e. The zero-order chi connectivity index (χ0) is 37.8. The van der Waals surface area contributed by atoms with E-state index in [1.807, 2.05) is 43.1 Å². The van der Waals surface area contributed by atoms with Gasteiger partial charge in [-0.25, -0.2) is 4.39 Å². The summed E-state index contributed by atoms with van der Waals surface area (Å²) in [7, 11) is 0. The number of aryl methyl sites for hydroxylation is 2. The molecule has 2 aromatic heterocycles. The Morgan fingerprint density at radius 3 is 2.57 bits per heavy atom. The summed E-state index contributed by atoms with van der Waals surface area (Å²) >= 11 is 0. The lowest BCUT2D eigenvalue weighted by Gasteiger charge is -2.37. The second-order valence-electron chi connectivity index (χ2n) is 15.6. The van der Waals surface area contributed by atoms with Crippen LogP contribution >= 0.6 is 0 Å². The van der Waals surface area contributed by atoms with Crippen LogP contribution in [0.25, 0.3) is 17.3 Å². The topological polar surface area (TPSA) is 73.7 Å². The van der Waals surface area contributed by atoms with Crippen molar-refractivity contribution in [2.75, 3.05) is 51.1 Å². The number of benzene rings is 1. The molecule has 5 heterocycles. The molecule has 1 amide bonds. The van der Waals surface area contributed by atoms with E-state index in [2.05, 4.69) is 66.9 Å². The molecule has 0 bridgehead atoms. The van der Waals surface area contributed by atoms with Gasteiger partial charge in [0.1, 0.15) is 5.82 Å². The number of hydrogen-bond donors (Lipinski definition) is 1. The van der Waals surface area contributed by atoms with E-state index in [1.54, 1.807) is 10.8 Å². The zero-order valence-corrected chi connectivity index (χ0v) is 33.0. The molecular weight excluding hydrogens is 664 g/mol. The maximum Gasteiger partial charge on any atom is 0.260 e. The fraction of sp³-hybridized carbons (Fsp3) is 0.523. The third kappa shape index (κ3) is 8.36. The SMILES string of the molecule is CCCN(CC1CCN(C(=O)c2cc(C)c(C3=CCN(C(C)/C(C)=C/c4c(-n5ccc6c(c5=O)CCN6)ccnc4C)CC3)c(F)c2)CC1)C(C)CC. The molecule has 0 radical (unpaired) electrons. The number of carbonyl (C=O) groups is 1. The van der Waals surface area contributed by atoms with Crippen LogP contribution in [0.15, 0.2) is 53.1 Å². The highest BCUT2D eigenvalue weighted by atomic mass is 19.1. The van der Waals surface area contributed by atoms with Crippen LogP contribution < -0.4 is 10.9 Å². The number of likely N-dealkylation sites (tertiary alicyclic amines) is 1. The molecule has 284 valence electrons. The van der Waals surface area contributed by atoms with Gasteiger partial charge in [0.2, 0.25) is 0 Å². The molecule has 0 aliphatic carbocycles. The van der Waals surface area contributed by atoms with Crippen molar-refractivity contribution >= 4 is 23.2 Å². The Morgan fingerprint density at radius 1 is 1.11 bits per heavy atom. The molecule has 3 aliphatic rings. The number of halogens is 1. The number of pyridine rings is 2. The van der Waals surface area contributed by atoms with Crippen molar-refractivity contribution < 1.29 is 9.18 Å². The summed E-state index contributed by atoms with van der Waals surface area (Å²) in [4.78, 5) is 38.5. The molecule has 2 atom stereocenters. The lowest BCUT2D eigenvalue weighted by Crippen LogP contribution is -2.43. The summed E-state index contributed by atoms with van der Waals surface area (Å²) in [5, 5.41) is 3.29. The van der Waals surface area contributed by atoms with Crippen LogP contribution in [0.5, 0.6) is 0 Å². The maximum absolute atomic E-state index is 15.9. The second kappa shape index (κ2) is 16.9. The first-order chi connectivity index (χ1) is 25.5. The number of nitrogens with zero attached hydrogens (tertiary/aromatic N) is 5. The molecule has 0 saturated carbocycles. The number of rotatable bonds is 12. The van der Waals surface area contributed by atoms with E-state index >= 15 is 4.39 Å². The number of fused-ring (bicyclic) bond motifs is 1. The van der Waals surface area contributed by atoms with E-state index in [0.29, 0.717) is 29.6 Å². The molecule has 1 N–H and O–H groups in total. The quantitative estimate of drug-likeness (QED) is 0.205. The van der Waals surface area contributed by atoms with Gasteiger partial charge in [0.05, 0.1) is 5.69 Å². The first-order valence-corrected chi connectivity index (χ1v) is 19.9. The summed E-state index contributed by atoms with van der Waals surface area (Å²) in [6, 6.07) is 7.95. The Morgan fingerprint density at radius 2 is 1.89 bits per heavy atom. The molecule has 1 fully saturated rings. The van der Waals surface area contributed by atoms with Crippen LogP contribution in [0, 0.1) is 25.6 Å². The molecule has 1 aromatic carbocycles. The molecule has 6 rings (SSSR count). The molecule has 3 aliphatic heterocycles. The highest BCUT2D eigenvalue weighted by Crippen LogP contribution is 2.32. The number of hydrogen-bond acceptors (Lipinski definition) is 6. The van der Waals surface area contributed by atoms with Crippen LogP contribution in [0.4, 0.5) is 10.1 Å². The average Bonchev–Trinajstić information content (AvgIpc) is 3.65. The molecule has 53 heavy (non-hydrogen) atoms. The first kappa shape index (κ1) is 38.6. The largest absolute Gasteiger partial charge is 0.384 e. The van der Waals surface area contributed by atoms with Crippen LogP contribution in [0.3, 0.4) is 0 Å². The first-order valence-electron chi connectivity index (χ1n) is 19.9. The van der Waals surface area contributed by atoms with Gasteiger partial charge < -0.3 is 15.1 Å². The highest BCUT2D eigenvalue weighted by Gasteiger charge is 2.28. The number of anilines is 1. The van der Waals surface area contributed by atoms with E-state index in [1.165, 1.54) is 6.07 Å². The van der Waals surface area contributed by atoms with Crippen molar-refractivity contribution in [2.24, 2.45) is 5.92 Å². The third-order valence-corrected chi connectivity index (χ3v) is 12.1. The molecular formula is C44H59FN6O2. The van der Waals surface area contributed by atoms with Crippen molar-refractivity contribution in [3.8, 4) is 5.69 Å². The lowest BCUT2D eigenvalue weighted by molar-refractivity contribution is 0.0650. The van der Waals surface area contributed by atoms with Crippen LogP contribution in [-0.4, -0.2) is 88.1 Å². The normalized spacial score (nSPS) is 18.2. The van der Waals surface area contributed by atoms with Crippen molar-refractivity contribution in [1.29, 1.82) is 0 Å². The Labute approximate surface area is 315 Å². The number of carbonyl (C=O) groups excluding carboxylic acids is 1. The molecule has 2 unspecified atom stereocenters.